The van der Waals surface area contributed by atoms with E-state index in [0.29, 0.717) is 16.9 Å². The molecule has 0 amide bonds. The molecule has 0 saturated heterocycles. The molecule has 0 fully saturated rings. The van der Waals surface area contributed by atoms with E-state index in [-0.39, 0.29) is 17.3 Å². The van der Waals surface area contributed by atoms with Crippen LogP contribution >= 0.6 is 0 Å². The van der Waals surface area contributed by atoms with Gasteiger partial charge in [0.25, 0.3) is 0 Å². The number of benzene rings is 2. The Kier molecular flexibility index (Phi) is 4.06. The van der Waals surface area contributed by atoms with Crippen LogP contribution in [-0.2, 0) is 16.6 Å². The largest absolute Gasteiger partial charge is 0.489 e. The zero-order valence-electron chi connectivity index (χ0n) is 10.8. The standard InChI is InChI=1S/C14H14FNO3S/c1-10-7-13(20(16,17)18)5-6-14(10)19-9-11-3-2-4-12(15)8-11/h2-8H,9H2,1H3,(H2,16,17,18). The van der Waals surface area contributed by atoms with Gasteiger partial charge in [0.1, 0.15) is 18.2 Å². The van der Waals surface area contributed by atoms with E-state index in [2.05, 4.69) is 0 Å². The molecule has 2 rings (SSSR count). The molecule has 0 heterocycles. The van der Waals surface area contributed by atoms with E-state index in [1.54, 1.807) is 19.1 Å². The van der Waals surface area contributed by atoms with Crippen LogP contribution in [0.2, 0.25) is 0 Å². The Balaban J connectivity index is 2.15. The molecule has 0 spiro atoms. The Morgan fingerprint density at radius 3 is 2.55 bits per heavy atom. The molecule has 0 aromatic heterocycles. The highest BCUT2D eigenvalue weighted by Crippen LogP contribution is 2.22. The molecular weight excluding hydrogens is 281 g/mol. The third-order valence-corrected chi connectivity index (χ3v) is 3.67. The molecule has 106 valence electrons. The Morgan fingerprint density at radius 1 is 1.20 bits per heavy atom. The van der Waals surface area contributed by atoms with Crippen molar-refractivity contribution >= 4 is 10.0 Å². The summed E-state index contributed by atoms with van der Waals surface area (Å²) in [4.78, 5) is 0.0353. The highest BCUT2D eigenvalue weighted by Gasteiger charge is 2.10. The van der Waals surface area contributed by atoms with Crippen LogP contribution in [0, 0.1) is 12.7 Å². The fraction of sp³-hybridized carbons (Fsp3) is 0.143. The van der Waals surface area contributed by atoms with Gasteiger partial charge < -0.3 is 4.74 Å². The van der Waals surface area contributed by atoms with Gasteiger partial charge in [0, 0.05) is 0 Å². The number of hydrogen-bond donors (Lipinski definition) is 1. The van der Waals surface area contributed by atoms with Crippen LogP contribution in [0.15, 0.2) is 47.4 Å². The predicted molar refractivity (Wildman–Crippen MR) is 73.3 cm³/mol. The van der Waals surface area contributed by atoms with Crippen LogP contribution in [0.1, 0.15) is 11.1 Å². The van der Waals surface area contributed by atoms with Crippen LogP contribution in [0.25, 0.3) is 0 Å². The summed E-state index contributed by atoms with van der Waals surface area (Å²) in [6.45, 7) is 1.92. The molecule has 0 saturated carbocycles. The van der Waals surface area contributed by atoms with Gasteiger partial charge in [-0.1, -0.05) is 12.1 Å². The average molecular weight is 295 g/mol. The van der Waals surface area contributed by atoms with Gasteiger partial charge in [-0.3, -0.25) is 0 Å². The first-order valence-electron chi connectivity index (χ1n) is 5.87. The minimum Gasteiger partial charge on any atom is -0.489 e. The molecule has 0 unspecified atom stereocenters. The summed E-state index contributed by atoms with van der Waals surface area (Å²) in [6.07, 6.45) is 0. The van der Waals surface area contributed by atoms with Crippen molar-refractivity contribution in [2.45, 2.75) is 18.4 Å². The summed E-state index contributed by atoms with van der Waals surface area (Å²) in [7, 11) is -3.72. The first kappa shape index (κ1) is 14.5. The smallest absolute Gasteiger partial charge is 0.238 e. The van der Waals surface area contributed by atoms with E-state index >= 15 is 0 Å². The molecule has 0 aliphatic heterocycles. The molecule has 6 heteroatoms. The second kappa shape index (κ2) is 5.60. The molecule has 4 nitrogen and oxygen atoms in total. The first-order chi connectivity index (χ1) is 9.36. The molecule has 0 aliphatic carbocycles. The first-order valence-corrected chi connectivity index (χ1v) is 7.41. The number of hydrogen-bond acceptors (Lipinski definition) is 3. The summed E-state index contributed by atoms with van der Waals surface area (Å²) >= 11 is 0. The number of primary sulfonamides is 1. The van der Waals surface area contributed by atoms with Crippen LogP contribution < -0.4 is 9.88 Å². The number of rotatable bonds is 4. The van der Waals surface area contributed by atoms with Gasteiger partial charge >= 0.3 is 0 Å². The van der Waals surface area contributed by atoms with E-state index in [1.807, 2.05) is 0 Å². The average Bonchev–Trinajstić information content (AvgIpc) is 2.36. The molecule has 2 aromatic carbocycles. The second-order valence-corrected chi connectivity index (χ2v) is 5.95. The van der Waals surface area contributed by atoms with Gasteiger partial charge in [0.15, 0.2) is 0 Å². The number of aryl methyl sites for hydroxylation is 1. The van der Waals surface area contributed by atoms with Crippen LogP contribution in [0.5, 0.6) is 5.75 Å². The molecule has 0 aliphatic rings. The normalized spacial score (nSPS) is 11.3. The van der Waals surface area contributed by atoms with Crippen LogP contribution in [0.4, 0.5) is 4.39 Å². The van der Waals surface area contributed by atoms with E-state index in [1.165, 1.54) is 30.3 Å². The fourth-order valence-electron chi connectivity index (χ4n) is 1.75. The topological polar surface area (TPSA) is 69.4 Å². The molecule has 2 aromatic rings. The van der Waals surface area contributed by atoms with Crippen molar-refractivity contribution in [3.63, 3.8) is 0 Å². The van der Waals surface area contributed by atoms with Gasteiger partial charge in [-0.05, 0) is 48.4 Å². The fourth-order valence-corrected chi connectivity index (χ4v) is 2.35. The Morgan fingerprint density at radius 2 is 1.95 bits per heavy atom. The maximum absolute atomic E-state index is 13.0. The minimum absolute atomic E-state index is 0.0353. The highest BCUT2D eigenvalue weighted by atomic mass is 32.2. The zero-order chi connectivity index (χ0) is 14.8. The maximum atomic E-state index is 13.0. The number of halogens is 1. The van der Waals surface area contributed by atoms with Gasteiger partial charge in [-0.15, -0.1) is 0 Å². The lowest BCUT2D eigenvalue weighted by Gasteiger charge is -2.10. The van der Waals surface area contributed by atoms with Crippen molar-refractivity contribution in [3.8, 4) is 5.75 Å². The molecule has 0 radical (unpaired) electrons. The number of ether oxygens (including phenoxy) is 1. The molecule has 0 bridgehead atoms. The van der Waals surface area contributed by atoms with E-state index in [0.717, 1.165) is 0 Å². The quantitative estimate of drug-likeness (QED) is 0.941. The maximum Gasteiger partial charge on any atom is 0.238 e. The lowest BCUT2D eigenvalue weighted by Crippen LogP contribution is -2.12. The highest BCUT2D eigenvalue weighted by molar-refractivity contribution is 7.89. The van der Waals surface area contributed by atoms with Crippen molar-refractivity contribution in [1.29, 1.82) is 0 Å². The summed E-state index contributed by atoms with van der Waals surface area (Å²) < 4.78 is 41.0. The van der Waals surface area contributed by atoms with E-state index < -0.39 is 10.0 Å². The Hall–Kier alpha value is -1.92. The lowest BCUT2D eigenvalue weighted by atomic mass is 10.2. The van der Waals surface area contributed by atoms with E-state index in [4.69, 9.17) is 9.88 Å². The molecule has 2 N–H and O–H groups in total. The van der Waals surface area contributed by atoms with Crippen LogP contribution in [-0.4, -0.2) is 8.42 Å². The summed E-state index contributed by atoms with van der Waals surface area (Å²) in [5.74, 6) is 0.203. The number of nitrogens with two attached hydrogens (primary N) is 1. The van der Waals surface area contributed by atoms with E-state index in [9.17, 15) is 12.8 Å². The SMILES string of the molecule is Cc1cc(S(N)(=O)=O)ccc1OCc1cccc(F)c1. The van der Waals surface area contributed by atoms with Gasteiger partial charge in [-0.2, -0.15) is 0 Å². The summed E-state index contributed by atoms with van der Waals surface area (Å²) in [5.41, 5.74) is 1.34. The summed E-state index contributed by atoms with van der Waals surface area (Å²) in [5, 5.41) is 5.05. The minimum atomic E-state index is -3.72. The lowest BCUT2D eigenvalue weighted by molar-refractivity contribution is 0.303. The summed E-state index contributed by atoms with van der Waals surface area (Å²) in [6, 6.07) is 10.4. The van der Waals surface area contributed by atoms with Crippen molar-refractivity contribution in [1.82, 2.24) is 0 Å². The third kappa shape index (κ3) is 3.55. The van der Waals surface area contributed by atoms with Crippen molar-refractivity contribution in [2.75, 3.05) is 0 Å². The zero-order valence-corrected chi connectivity index (χ0v) is 11.7. The van der Waals surface area contributed by atoms with Gasteiger partial charge in [0.2, 0.25) is 10.0 Å². The van der Waals surface area contributed by atoms with Gasteiger partial charge in [-0.25, -0.2) is 17.9 Å². The predicted octanol–water partition coefficient (Wildman–Crippen LogP) is 2.36. The molecule has 20 heavy (non-hydrogen) atoms. The monoisotopic (exact) mass is 295 g/mol. The van der Waals surface area contributed by atoms with Crippen molar-refractivity contribution < 1.29 is 17.5 Å². The Labute approximate surface area is 117 Å². The van der Waals surface area contributed by atoms with Crippen LogP contribution in [0.3, 0.4) is 0 Å². The molecule has 0 atom stereocenters. The Bertz CT molecular complexity index is 729. The molecular formula is C14H14FNO3S. The third-order valence-electron chi connectivity index (χ3n) is 2.76. The van der Waals surface area contributed by atoms with Gasteiger partial charge in [0.05, 0.1) is 4.90 Å². The second-order valence-electron chi connectivity index (χ2n) is 4.39. The van der Waals surface area contributed by atoms with Crippen molar-refractivity contribution in [2.24, 2.45) is 5.14 Å². The van der Waals surface area contributed by atoms with Crippen molar-refractivity contribution in [3.05, 3.63) is 59.4 Å². The number of sulfonamides is 1.